The van der Waals surface area contributed by atoms with Crippen molar-refractivity contribution in [2.75, 3.05) is 31.3 Å². The first kappa shape index (κ1) is 49.3. The van der Waals surface area contributed by atoms with Crippen LogP contribution in [0.1, 0.15) is 124 Å². The van der Waals surface area contributed by atoms with Crippen molar-refractivity contribution in [3.8, 4) is 0 Å². The number of carbonyl (C=O) groups is 5. The van der Waals surface area contributed by atoms with Crippen LogP contribution >= 0.6 is 0 Å². The lowest BCUT2D eigenvalue weighted by atomic mass is 10.0. The number of aryl methyl sites for hydroxylation is 4. The van der Waals surface area contributed by atoms with Gasteiger partial charge in [0.15, 0.2) is 0 Å². The predicted octanol–water partition coefficient (Wildman–Crippen LogP) is 5.82. The van der Waals surface area contributed by atoms with Crippen LogP contribution in [0.2, 0.25) is 0 Å². The van der Waals surface area contributed by atoms with E-state index in [2.05, 4.69) is 34.9 Å². The molecule has 0 aliphatic carbocycles. The smallest absolute Gasteiger partial charge is 0.329 e. The van der Waals surface area contributed by atoms with E-state index in [1.807, 2.05) is 43.3 Å². The molecule has 1 saturated heterocycles. The Morgan fingerprint density at radius 2 is 1.45 bits per heavy atom. The van der Waals surface area contributed by atoms with E-state index < -0.39 is 36.0 Å². The van der Waals surface area contributed by atoms with Gasteiger partial charge in [-0.05, 0) is 111 Å². The average Bonchev–Trinajstić information content (AvgIpc) is 3.76. The second kappa shape index (κ2) is 23.9. The zero-order chi connectivity index (χ0) is 47.3. The van der Waals surface area contributed by atoms with E-state index in [9.17, 15) is 28.8 Å². The Hall–Kier alpha value is -5.64. The van der Waals surface area contributed by atoms with Gasteiger partial charge in [0.25, 0.3) is 0 Å². The summed E-state index contributed by atoms with van der Waals surface area (Å²) in [6.07, 6.45) is 12.1. The van der Waals surface area contributed by atoms with Crippen molar-refractivity contribution in [3.05, 3.63) is 99.0 Å². The van der Waals surface area contributed by atoms with Crippen molar-refractivity contribution >= 4 is 46.3 Å². The Bertz CT molecular complexity index is 2430. The summed E-state index contributed by atoms with van der Waals surface area (Å²) in [7, 11) is 1.71. The standard InChI is InChI=1S/C52H68N6O9/c1-35(41(23-26-46(53)59)54-51(63)45-33-40-16-8-14-39-15-9-17-48(61)58(45)49(39)40)67-34-38-20-18-36(19-21-38)12-10-30-65-28-6-4-3-5-7-29-66-31-11-13-37-22-24-42-44(32-37)56(2)52(64)57(42)43-25-27-47(60)55-50(43)62/h8,14,16,18-22,24,32,35,41,43,45H,3-7,9-13,15,17,23,25-31,33-34H2,1-2H3,(H2,53,59)(H,54,63)(H,55,60,62)/t35-,41+,43?,45+/m1/s1. The maximum atomic E-state index is 13.8. The van der Waals surface area contributed by atoms with E-state index in [-0.39, 0.29) is 36.3 Å². The van der Waals surface area contributed by atoms with Gasteiger partial charge < -0.3 is 25.3 Å². The first-order chi connectivity index (χ1) is 32.5. The number of carbonyl (C=O) groups excluding carboxylic acids is 5. The van der Waals surface area contributed by atoms with E-state index in [4.69, 9.17) is 19.9 Å². The molecular formula is C52H68N6O9. The summed E-state index contributed by atoms with van der Waals surface area (Å²) in [6, 6.07) is 18.5. The number of benzene rings is 3. The van der Waals surface area contributed by atoms with Gasteiger partial charge in [0.1, 0.15) is 12.1 Å². The molecule has 1 unspecified atom stereocenters. The highest BCUT2D eigenvalue weighted by Gasteiger charge is 2.41. The first-order valence-corrected chi connectivity index (χ1v) is 24.4. The lowest BCUT2D eigenvalue weighted by Gasteiger charge is -2.29. The number of fused-ring (bicyclic) bond motifs is 1. The van der Waals surface area contributed by atoms with Crippen molar-refractivity contribution in [1.82, 2.24) is 19.8 Å². The number of para-hydroxylation sites is 1. The molecule has 0 radical (unpaired) electrons. The van der Waals surface area contributed by atoms with E-state index in [1.165, 1.54) is 10.1 Å². The highest BCUT2D eigenvalue weighted by Crippen LogP contribution is 2.39. The van der Waals surface area contributed by atoms with Gasteiger partial charge >= 0.3 is 5.69 Å². The van der Waals surface area contributed by atoms with Crippen molar-refractivity contribution in [3.63, 3.8) is 0 Å². The minimum Gasteiger partial charge on any atom is -0.381 e. The summed E-state index contributed by atoms with van der Waals surface area (Å²) in [5.74, 6) is -1.45. The van der Waals surface area contributed by atoms with Gasteiger partial charge in [-0.25, -0.2) is 4.79 Å². The fourth-order valence-electron chi connectivity index (χ4n) is 9.68. The van der Waals surface area contributed by atoms with Gasteiger partial charge in [0, 0.05) is 59.2 Å². The molecule has 360 valence electrons. The number of anilines is 1. The number of imidazole rings is 1. The van der Waals surface area contributed by atoms with Gasteiger partial charge in [0.05, 0.1) is 35.5 Å². The number of rotatable bonds is 26. The molecule has 67 heavy (non-hydrogen) atoms. The number of hydrogen-bond donors (Lipinski definition) is 3. The molecule has 15 nitrogen and oxygen atoms in total. The van der Waals surface area contributed by atoms with Gasteiger partial charge in [0.2, 0.25) is 29.5 Å². The third kappa shape index (κ3) is 12.9. The van der Waals surface area contributed by atoms with Crippen LogP contribution in [0.5, 0.6) is 0 Å². The molecule has 5 amide bonds. The number of unbranched alkanes of at least 4 members (excludes halogenated alkanes) is 4. The maximum Gasteiger partial charge on any atom is 0.329 e. The van der Waals surface area contributed by atoms with Crippen LogP contribution in [0.25, 0.3) is 11.0 Å². The second-order valence-corrected chi connectivity index (χ2v) is 18.4. The molecule has 3 aliphatic heterocycles. The average molecular weight is 921 g/mol. The van der Waals surface area contributed by atoms with Crippen LogP contribution in [0, 0.1) is 0 Å². The zero-order valence-corrected chi connectivity index (χ0v) is 39.2. The van der Waals surface area contributed by atoms with Crippen molar-refractivity contribution in [2.24, 2.45) is 12.8 Å². The minimum absolute atomic E-state index is 0.0292. The number of nitrogens with two attached hydrogens (primary N) is 1. The molecule has 4 aromatic rings. The summed E-state index contributed by atoms with van der Waals surface area (Å²) < 4.78 is 21.2. The molecular weight excluding hydrogens is 853 g/mol. The highest BCUT2D eigenvalue weighted by molar-refractivity contribution is 6.05. The monoisotopic (exact) mass is 921 g/mol. The van der Waals surface area contributed by atoms with Crippen LogP contribution in [0.15, 0.2) is 65.5 Å². The zero-order valence-electron chi connectivity index (χ0n) is 39.2. The highest BCUT2D eigenvalue weighted by atomic mass is 16.5. The normalized spacial score (nSPS) is 17.9. The number of ether oxygens (including phenoxy) is 3. The quantitative estimate of drug-likeness (QED) is 0.0515. The topological polar surface area (TPSA) is 193 Å². The molecule has 4 heterocycles. The third-order valence-electron chi connectivity index (χ3n) is 13.5. The molecule has 0 bridgehead atoms. The van der Waals surface area contributed by atoms with E-state index in [1.54, 1.807) is 16.5 Å². The Balaban J connectivity index is 0.715. The van der Waals surface area contributed by atoms with Gasteiger partial charge in [-0.15, -0.1) is 0 Å². The molecule has 3 aliphatic rings. The fraction of sp³-hybridized carbons (Fsp3) is 0.538. The molecule has 1 fully saturated rings. The van der Waals surface area contributed by atoms with Crippen LogP contribution in [-0.4, -0.2) is 83.3 Å². The van der Waals surface area contributed by atoms with Crippen LogP contribution in [-0.2, 0) is 77.5 Å². The number of nitrogens with zero attached hydrogens (tertiary/aromatic N) is 3. The summed E-state index contributed by atoms with van der Waals surface area (Å²) in [5.41, 5.74) is 13.1. The van der Waals surface area contributed by atoms with Crippen LogP contribution in [0.3, 0.4) is 0 Å². The third-order valence-corrected chi connectivity index (χ3v) is 13.5. The predicted molar refractivity (Wildman–Crippen MR) is 255 cm³/mol. The minimum atomic E-state index is -0.683. The Labute approximate surface area is 393 Å². The van der Waals surface area contributed by atoms with Gasteiger partial charge in [-0.1, -0.05) is 67.8 Å². The molecule has 7 rings (SSSR count). The van der Waals surface area contributed by atoms with Gasteiger partial charge in [-0.3, -0.25) is 43.3 Å². The van der Waals surface area contributed by atoms with Crippen LogP contribution in [0.4, 0.5) is 5.69 Å². The molecule has 1 aromatic heterocycles. The van der Waals surface area contributed by atoms with Gasteiger partial charge in [-0.2, -0.15) is 0 Å². The van der Waals surface area contributed by atoms with Crippen molar-refractivity contribution < 1.29 is 38.2 Å². The number of aromatic nitrogens is 2. The summed E-state index contributed by atoms with van der Waals surface area (Å²) in [6.45, 7) is 5.14. The lowest BCUT2D eigenvalue weighted by Crippen LogP contribution is -2.53. The fourth-order valence-corrected chi connectivity index (χ4v) is 9.68. The number of amides is 5. The molecule has 4 N–H and O–H groups in total. The SMILES string of the molecule is C[C@@H](OCc1ccc(CCCOCCCCCCCOCCCc2ccc3c(c2)n(C)c(=O)n3C2CCC(=O)NC2=O)cc1)[C@H](CCC(N)=O)NC(=O)[C@@H]1Cc2cccc3c2N1C(=O)CCC3. The first-order valence-electron chi connectivity index (χ1n) is 24.4. The number of piperidine rings is 1. The molecule has 3 aromatic carbocycles. The molecule has 0 saturated carbocycles. The number of imide groups is 1. The maximum absolute atomic E-state index is 13.8. The molecule has 15 heteroatoms. The van der Waals surface area contributed by atoms with Crippen molar-refractivity contribution in [2.45, 2.75) is 147 Å². The molecule has 0 spiro atoms. The van der Waals surface area contributed by atoms with Crippen LogP contribution < -0.4 is 27.0 Å². The number of hydrogen-bond acceptors (Lipinski definition) is 9. The summed E-state index contributed by atoms with van der Waals surface area (Å²) in [5, 5.41) is 5.47. The largest absolute Gasteiger partial charge is 0.381 e. The lowest BCUT2D eigenvalue weighted by molar-refractivity contribution is -0.135. The van der Waals surface area contributed by atoms with E-state index in [0.29, 0.717) is 44.4 Å². The van der Waals surface area contributed by atoms with E-state index in [0.717, 1.165) is 124 Å². The number of primary amides is 1. The Morgan fingerprint density at radius 1 is 0.791 bits per heavy atom. The summed E-state index contributed by atoms with van der Waals surface area (Å²) >= 11 is 0. The van der Waals surface area contributed by atoms with E-state index >= 15 is 0 Å². The number of nitrogens with one attached hydrogen (secondary N) is 2. The Morgan fingerprint density at radius 3 is 2.16 bits per heavy atom. The Kier molecular flexibility index (Phi) is 17.6. The van der Waals surface area contributed by atoms with Crippen molar-refractivity contribution in [1.29, 1.82) is 0 Å². The second-order valence-electron chi connectivity index (χ2n) is 18.4. The summed E-state index contributed by atoms with van der Waals surface area (Å²) in [4.78, 5) is 77.5. The molecule has 4 atom stereocenters.